The summed E-state index contributed by atoms with van der Waals surface area (Å²) in [5.74, 6) is -0.773. The molecule has 304 valence electrons. The van der Waals surface area contributed by atoms with E-state index in [1.54, 1.807) is 0 Å². The number of hydrogen-bond donors (Lipinski definition) is 1. The van der Waals surface area contributed by atoms with E-state index in [0.717, 1.165) is 57.8 Å². The molecule has 0 amide bonds. The van der Waals surface area contributed by atoms with Crippen LogP contribution in [0, 0.1) is 0 Å². The van der Waals surface area contributed by atoms with Crippen LogP contribution < -0.4 is 0 Å². The monoisotopic (exact) mass is 759 g/mol. The van der Waals surface area contributed by atoms with E-state index in [2.05, 4.69) is 20.8 Å². The standard InChI is InChI=1S/C43H86O6SSi/c1-5-8-11-13-15-17-19-21-23-25-27-29-31-33-36-38-41(44)47-51(49-46-4,43(50)40-35-10-7-3)48-42(45)39-37-34-32-30-28-26-24-22-20-18-16-14-12-9-6-2/h43,50H,5-40H2,1-4H3. The van der Waals surface area contributed by atoms with Crippen molar-refractivity contribution in [1.29, 1.82) is 0 Å². The molecule has 0 aliphatic carbocycles. The molecule has 0 aliphatic heterocycles. The van der Waals surface area contributed by atoms with Gasteiger partial charge in [-0.15, -0.1) is 0 Å². The van der Waals surface area contributed by atoms with Crippen LogP contribution in [0.5, 0.6) is 0 Å². The van der Waals surface area contributed by atoms with Gasteiger partial charge in [0.15, 0.2) is 0 Å². The second kappa shape index (κ2) is 39.1. The molecule has 51 heavy (non-hydrogen) atoms. The Labute approximate surface area is 324 Å². The first-order valence-electron chi connectivity index (χ1n) is 22.3. The maximum Gasteiger partial charge on any atom is 0.677 e. The number of rotatable bonds is 41. The molecule has 0 N–H and O–H groups in total. The van der Waals surface area contributed by atoms with Crippen molar-refractivity contribution in [3.63, 3.8) is 0 Å². The Hall–Kier alpha value is -0.573. The van der Waals surface area contributed by atoms with Crippen molar-refractivity contribution in [3.05, 3.63) is 0 Å². The summed E-state index contributed by atoms with van der Waals surface area (Å²) < 4.78 is 17.4. The normalized spacial score (nSPS) is 12.3. The summed E-state index contributed by atoms with van der Waals surface area (Å²) in [5.41, 5.74) is 0. The molecule has 0 heterocycles. The molecule has 0 aromatic rings. The van der Waals surface area contributed by atoms with Gasteiger partial charge in [-0.25, -0.2) is 4.89 Å². The first-order chi connectivity index (χ1) is 25.0. The second-order valence-corrected chi connectivity index (χ2v) is 18.8. The van der Waals surface area contributed by atoms with E-state index in [4.69, 9.17) is 30.9 Å². The van der Waals surface area contributed by atoms with Crippen molar-refractivity contribution < 1.29 is 27.9 Å². The van der Waals surface area contributed by atoms with Crippen molar-refractivity contribution >= 4 is 33.4 Å². The lowest BCUT2D eigenvalue weighted by atomic mass is 10.0. The van der Waals surface area contributed by atoms with Gasteiger partial charge in [-0.3, -0.25) is 9.59 Å². The van der Waals surface area contributed by atoms with Gasteiger partial charge in [0.25, 0.3) is 11.9 Å². The van der Waals surface area contributed by atoms with Crippen LogP contribution in [0.3, 0.4) is 0 Å². The van der Waals surface area contributed by atoms with E-state index >= 15 is 0 Å². The van der Waals surface area contributed by atoms with Crippen LogP contribution in [0.1, 0.15) is 252 Å². The minimum Gasteiger partial charge on any atom is -0.462 e. The largest absolute Gasteiger partial charge is 0.677 e. The molecule has 1 atom stereocenters. The fraction of sp³-hybridized carbons (Fsp3) is 0.953. The highest BCUT2D eigenvalue weighted by Gasteiger charge is 2.57. The summed E-state index contributed by atoms with van der Waals surface area (Å²) in [4.78, 5) is 30.6. The summed E-state index contributed by atoms with van der Waals surface area (Å²) in [6.07, 6.45) is 42.3. The zero-order valence-electron chi connectivity index (χ0n) is 34.4. The van der Waals surface area contributed by atoms with Crippen molar-refractivity contribution in [2.45, 2.75) is 257 Å². The Morgan fingerprint density at radius 1 is 0.431 bits per heavy atom. The molecule has 0 saturated heterocycles. The molecule has 0 radical (unpaired) electrons. The Bertz CT molecular complexity index is 706. The Morgan fingerprint density at radius 2 is 0.686 bits per heavy atom. The van der Waals surface area contributed by atoms with Gasteiger partial charge >= 0.3 is 8.80 Å². The minimum atomic E-state index is -3.85. The molecule has 0 bridgehead atoms. The molecular weight excluding hydrogens is 673 g/mol. The van der Waals surface area contributed by atoms with Crippen LogP contribution in [-0.4, -0.2) is 32.7 Å². The molecule has 0 aromatic carbocycles. The summed E-state index contributed by atoms with van der Waals surface area (Å²) in [6.45, 7) is 6.68. The highest BCUT2D eigenvalue weighted by atomic mass is 32.1. The van der Waals surface area contributed by atoms with E-state index in [9.17, 15) is 9.59 Å². The summed E-state index contributed by atoms with van der Waals surface area (Å²) in [5, 5.41) is 0. The molecule has 6 nitrogen and oxygen atoms in total. The zero-order chi connectivity index (χ0) is 37.5. The quantitative estimate of drug-likeness (QED) is 0.0220. The van der Waals surface area contributed by atoms with E-state index in [1.807, 2.05) is 0 Å². The first-order valence-corrected chi connectivity index (χ1v) is 24.6. The van der Waals surface area contributed by atoms with Crippen molar-refractivity contribution in [2.24, 2.45) is 0 Å². The lowest BCUT2D eigenvalue weighted by Crippen LogP contribution is -2.56. The van der Waals surface area contributed by atoms with Gasteiger partial charge in [-0.2, -0.15) is 17.2 Å². The highest BCUT2D eigenvalue weighted by molar-refractivity contribution is 7.83. The van der Waals surface area contributed by atoms with Gasteiger partial charge in [0.1, 0.15) is 0 Å². The SMILES string of the molecule is CCCCCCCCCCCCCCCCCC(=O)O[Si](OOC)(OC(=O)CCCCCCCCCCCCCCCCC)C(S)CCCCC. The van der Waals surface area contributed by atoms with Crippen LogP contribution >= 0.6 is 12.6 Å². The molecule has 0 saturated carbocycles. The average Bonchev–Trinajstić information content (AvgIpc) is 3.11. The van der Waals surface area contributed by atoms with Gasteiger partial charge in [-0.1, -0.05) is 220 Å². The second-order valence-electron chi connectivity index (χ2n) is 15.2. The lowest BCUT2D eigenvalue weighted by Gasteiger charge is -2.30. The molecule has 0 spiro atoms. The van der Waals surface area contributed by atoms with E-state index < -0.39 is 13.7 Å². The molecule has 8 heteroatoms. The molecular formula is C43H86O6SSi. The van der Waals surface area contributed by atoms with Crippen molar-refractivity contribution in [1.82, 2.24) is 0 Å². The third-order valence-corrected chi connectivity index (χ3v) is 13.9. The van der Waals surface area contributed by atoms with Crippen LogP contribution in [0.25, 0.3) is 0 Å². The summed E-state index contributed by atoms with van der Waals surface area (Å²) >= 11 is 4.77. The van der Waals surface area contributed by atoms with Crippen LogP contribution in [0.2, 0.25) is 0 Å². The van der Waals surface area contributed by atoms with Gasteiger partial charge in [-0.05, 0) is 19.3 Å². The number of thiol groups is 1. The molecule has 0 rings (SSSR count). The minimum absolute atomic E-state index is 0.284. The predicted molar refractivity (Wildman–Crippen MR) is 222 cm³/mol. The summed E-state index contributed by atoms with van der Waals surface area (Å²) in [6, 6.07) is 0. The molecule has 1 unspecified atom stereocenters. The van der Waals surface area contributed by atoms with Crippen molar-refractivity contribution in [2.75, 3.05) is 7.11 Å². The third kappa shape index (κ3) is 32.6. The number of carbonyl (C=O) groups excluding carboxylic acids is 2. The molecule has 0 aliphatic rings. The lowest BCUT2D eigenvalue weighted by molar-refractivity contribution is -0.228. The van der Waals surface area contributed by atoms with Gasteiger partial charge in [0.2, 0.25) is 0 Å². The number of hydrogen-bond acceptors (Lipinski definition) is 7. The van der Waals surface area contributed by atoms with Crippen molar-refractivity contribution in [3.8, 4) is 0 Å². The Morgan fingerprint density at radius 3 is 0.961 bits per heavy atom. The number of carbonyl (C=O) groups is 2. The van der Waals surface area contributed by atoms with Gasteiger partial charge in [0, 0.05) is 12.8 Å². The smallest absolute Gasteiger partial charge is 0.462 e. The Balaban J connectivity index is 4.37. The zero-order valence-corrected chi connectivity index (χ0v) is 36.3. The number of unbranched alkanes of at least 4 members (excludes halogenated alkanes) is 30. The highest BCUT2D eigenvalue weighted by Crippen LogP contribution is 2.27. The summed E-state index contributed by atoms with van der Waals surface area (Å²) in [7, 11) is -2.48. The maximum atomic E-state index is 13.0. The average molecular weight is 759 g/mol. The fourth-order valence-electron chi connectivity index (χ4n) is 6.83. The van der Waals surface area contributed by atoms with Crippen LogP contribution in [0.4, 0.5) is 0 Å². The van der Waals surface area contributed by atoms with E-state index in [0.29, 0.717) is 6.42 Å². The topological polar surface area (TPSA) is 71.1 Å². The van der Waals surface area contributed by atoms with E-state index in [1.165, 1.54) is 161 Å². The maximum absolute atomic E-state index is 13.0. The molecule has 0 aromatic heterocycles. The first kappa shape index (κ1) is 50.4. The van der Waals surface area contributed by atoms with Gasteiger partial charge < -0.3 is 8.85 Å². The van der Waals surface area contributed by atoms with Crippen LogP contribution in [-0.2, 0) is 27.9 Å². The fourth-order valence-corrected chi connectivity index (χ4v) is 9.58. The van der Waals surface area contributed by atoms with Gasteiger partial charge in [0.05, 0.1) is 12.0 Å². The third-order valence-electron chi connectivity index (χ3n) is 10.2. The van der Waals surface area contributed by atoms with E-state index in [-0.39, 0.29) is 24.8 Å². The predicted octanol–water partition coefficient (Wildman–Crippen LogP) is 14.5. The molecule has 0 fully saturated rings. The van der Waals surface area contributed by atoms with Crippen LogP contribution in [0.15, 0.2) is 0 Å². The Kier molecular flexibility index (Phi) is 38.7.